The van der Waals surface area contributed by atoms with E-state index in [1.54, 1.807) is 12.4 Å². The van der Waals surface area contributed by atoms with Gasteiger partial charge in [0, 0.05) is 30.4 Å². The van der Waals surface area contributed by atoms with Crippen LogP contribution in [-0.4, -0.2) is 47.2 Å². The van der Waals surface area contributed by atoms with Gasteiger partial charge in [0.1, 0.15) is 0 Å². The predicted molar refractivity (Wildman–Crippen MR) is 115 cm³/mol. The minimum atomic E-state index is -0.683. The molecule has 3 rings (SSSR count). The Morgan fingerprint density at radius 2 is 1.97 bits per heavy atom. The molecule has 1 saturated heterocycles. The number of ether oxygens (including phenoxy) is 1. The van der Waals surface area contributed by atoms with Crippen molar-refractivity contribution in [3.63, 3.8) is 0 Å². The minimum Gasteiger partial charge on any atom is -0.466 e. The van der Waals surface area contributed by atoms with Gasteiger partial charge in [0.15, 0.2) is 0 Å². The topological polar surface area (TPSA) is 59.5 Å². The number of carbonyl (C=O) groups is 2. The van der Waals surface area contributed by atoms with Crippen LogP contribution in [0.2, 0.25) is 0 Å². The number of esters is 1. The zero-order chi connectivity index (χ0) is 20.7. The number of benzene rings is 1. The Hall–Kier alpha value is -2.34. The van der Waals surface area contributed by atoms with Crippen LogP contribution in [0.25, 0.3) is 0 Å². The fourth-order valence-corrected chi connectivity index (χ4v) is 4.64. The Balaban J connectivity index is 1.75. The first kappa shape index (κ1) is 21.4. The van der Waals surface area contributed by atoms with Crippen molar-refractivity contribution in [1.82, 2.24) is 9.88 Å². The van der Waals surface area contributed by atoms with Crippen LogP contribution in [0.3, 0.4) is 0 Å². The van der Waals surface area contributed by atoms with Gasteiger partial charge in [-0.2, -0.15) is 0 Å². The molecule has 154 valence electrons. The molecule has 1 aromatic carbocycles. The SMILES string of the molecule is CCOC(=O)[C@]1(Cc2ccccc2C)CCCN(C(=O)CSc2ccncc2)C1. The number of amides is 1. The second kappa shape index (κ2) is 9.92. The second-order valence-corrected chi connectivity index (χ2v) is 8.54. The molecule has 0 saturated carbocycles. The van der Waals surface area contributed by atoms with Crippen molar-refractivity contribution in [2.45, 2.75) is 38.0 Å². The van der Waals surface area contributed by atoms with Gasteiger partial charge in [-0.3, -0.25) is 14.6 Å². The maximum Gasteiger partial charge on any atom is 0.314 e. The van der Waals surface area contributed by atoms with Crippen molar-refractivity contribution in [3.05, 3.63) is 59.9 Å². The van der Waals surface area contributed by atoms with Crippen LogP contribution in [0.5, 0.6) is 0 Å². The lowest BCUT2D eigenvalue weighted by Gasteiger charge is -2.41. The molecule has 1 fully saturated rings. The van der Waals surface area contributed by atoms with Gasteiger partial charge < -0.3 is 9.64 Å². The lowest BCUT2D eigenvalue weighted by molar-refractivity contribution is -0.160. The zero-order valence-corrected chi connectivity index (χ0v) is 17.9. The maximum atomic E-state index is 13.0. The third-order valence-electron chi connectivity index (χ3n) is 5.44. The quantitative estimate of drug-likeness (QED) is 0.510. The first-order chi connectivity index (χ1) is 14.0. The van der Waals surface area contributed by atoms with E-state index in [2.05, 4.69) is 24.0 Å². The van der Waals surface area contributed by atoms with E-state index in [9.17, 15) is 9.59 Å². The van der Waals surface area contributed by atoms with E-state index < -0.39 is 5.41 Å². The number of hydrogen-bond donors (Lipinski definition) is 0. The number of nitrogens with zero attached hydrogens (tertiary/aromatic N) is 2. The predicted octanol–water partition coefficient (Wildman–Crippen LogP) is 3.90. The highest BCUT2D eigenvalue weighted by Crippen LogP contribution is 2.36. The number of thioether (sulfide) groups is 1. The van der Waals surface area contributed by atoms with Gasteiger partial charge in [-0.25, -0.2) is 0 Å². The number of hydrogen-bond acceptors (Lipinski definition) is 5. The molecule has 0 spiro atoms. The van der Waals surface area contributed by atoms with Crippen LogP contribution in [0.1, 0.15) is 30.9 Å². The molecule has 1 aliphatic rings. The van der Waals surface area contributed by atoms with E-state index in [-0.39, 0.29) is 11.9 Å². The molecule has 2 heterocycles. The molecule has 0 aliphatic carbocycles. The molecule has 0 radical (unpaired) electrons. The molecule has 1 aliphatic heterocycles. The van der Waals surface area contributed by atoms with Crippen molar-refractivity contribution in [2.24, 2.45) is 5.41 Å². The van der Waals surface area contributed by atoms with Gasteiger partial charge in [0.2, 0.25) is 5.91 Å². The third-order valence-corrected chi connectivity index (χ3v) is 6.44. The fourth-order valence-electron chi connectivity index (χ4n) is 3.86. The standard InChI is InChI=1S/C23H28N2O3S/c1-3-28-22(27)23(15-19-8-5-4-7-18(19)2)11-6-14-25(17-23)21(26)16-29-20-9-12-24-13-10-20/h4-5,7-10,12-13H,3,6,11,14-17H2,1-2H3/t23-/m0/s1. The van der Waals surface area contributed by atoms with Crippen molar-refractivity contribution in [1.29, 1.82) is 0 Å². The van der Waals surface area contributed by atoms with Gasteiger partial charge in [-0.1, -0.05) is 24.3 Å². The molecular weight excluding hydrogens is 384 g/mol. The minimum absolute atomic E-state index is 0.0602. The Morgan fingerprint density at radius 1 is 1.21 bits per heavy atom. The first-order valence-electron chi connectivity index (χ1n) is 10.1. The van der Waals surface area contributed by atoms with Gasteiger partial charge in [0.25, 0.3) is 0 Å². The summed E-state index contributed by atoms with van der Waals surface area (Å²) in [6, 6.07) is 11.9. The van der Waals surface area contributed by atoms with Gasteiger partial charge in [-0.15, -0.1) is 11.8 Å². The summed E-state index contributed by atoms with van der Waals surface area (Å²) in [4.78, 5) is 32.8. The van der Waals surface area contributed by atoms with Crippen LogP contribution in [-0.2, 0) is 20.7 Å². The van der Waals surface area contributed by atoms with E-state index >= 15 is 0 Å². The van der Waals surface area contributed by atoms with E-state index in [0.29, 0.717) is 31.9 Å². The summed E-state index contributed by atoms with van der Waals surface area (Å²) >= 11 is 1.50. The molecule has 2 aromatic rings. The normalized spacial score (nSPS) is 19.0. The highest BCUT2D eigenvalue weighted by Gasteiger charge is 2.44. The Labute approximate surface area is 176 Å². The van der Waals surface area contributed by atoms with Crippen LogP contribution in [0.15, 0.2) is 53.7 Å². The van der Waals surface area contributed by atoms with Crippen LogP contribution in [0, 0.1) is 12.3 Å². The molecule has 1 amide bonds. The average molecular weight is 413 g/mol. The summed E-state index contributed by atoms with van der Waals surface area (Å²) < 4.78 is 5.47. The number of aromatic nitrogens is 1. The van der Waals surface area contributed by atoms with Gasteiger partial charge in [-0.05, 0) is 56.4 Å². The van der Waals surface area contributed by atoms with Crippen molar-refractivity contribution < 1.29 is 14.3 Å². The van der Waals surface area contributed by atoms with E-state index in [4.69, 9.17) is 4.74 Å². The zero-order valence-electron chi connectivity index (χ0n) is 17.1. The largest absolute Gasteiger partial charge is 0.466 e. The van der Waals surface area contributed by atoms with Gasteiger partial charge >= 0.3 is 5.97 Å². The highest BCUT2D eigenvalue weighted by atomic mass is 32.2. The van der Waals surface area contributed by atoms with Crippen molar-refractivity contribution in [2.75, 3.05) is 25.4 Å². The summed E-state index contributed by atoms with van der Waals surface area (Å²) in [5.41, 5.74) is 1.62. The van der Waals surface area contributed by atoms with Gasteiger partial charge in [0.05, 0.1) is 17.8 Å². The fraction of sp³-hybridized carbons (Fsp3) is 0.435. The van der Waals surface area contributed by atoms with Crippen LogP contribution < -0.4 is 0 Å². The van der Waals surface area contributed by atoms with E-state index in [0.717, 1.165) is 28.9 Å². The molecule has 0 N–H and O–H groups in total. The molecule has 0 bridgehead atoms. The summed E-state index contributed by atoms with van der Waals surface area (Å²) in [6.45, 7) is 5.34. The molecule has 29 heavy (non-hydrogen) atoms. The molecule has 5 nitrogen and oxygen atoms in total. The number of rotatable bonds is 7. The monoisotopic (exact) mass is 412 g/mol. The summed E-state index contributed by atoms with van der Waals surface area (Å²) in [5.74, 6) is 0.223. The molecule has 6 heteroatoms. The summed E-state index contributed by atoms with van der Waals surface area (Å²) in [6.07, 6.45) is 5.58. The smallest absolute Gasteiger partial charge is 0.314 e. The highest BCUT2D eigenvalue weighted by molar-refractivity contribution is 8.00. The summed E-state index contributed by atoms with van der Waals surface area (Å²) in [5, 5.41) is 0. The van der Waals surface area contributed by atoms with E-state index in [1.165, 1.54) is 11.8 Å². The number of likely N-dealkylation sites (tertiary alicyclic amines) is 1. The number of carbonyl (C=O) groups excluding carboxylic acids is 2. The molecule has 0 unspecified atom stereocenters. The Morgan fingerprint density at radius 3 is 2.69 bits per heavy atom. The number of piperidine rings is 1. The van der Waals surface area contributed by atoms with Crippen LogP contribution >= 0.6 is 11.8 Å². The average Bonchev–Trinajstić information content (AvgIpc) is 2.75. The Kier molecular flexibility index (Phi) is 7.31. The molecule has 1 aromatic heterocycles. The molecule has 1 atom stereocenters. The number of pyridine rings is 1. The summed E-state index contributed by atoms with van der Waals surface area (Å²) in [7, 11) is 0. The van der Waals surface area contributed by atoms with Crippen molar-refractivity contribution in [3.8, 4) is 0 Å². The first-order valence-corrected chi connectivity index (χ1v) is 11.0. The Bertz CT molecular complexity index is 843. The molecular formula is C23H28N2O3S. The lowest BCUT2D eigenvalue weighted by atomic mass is 9.74. The van der Waals surface area contributed by atoms with E-state index in [1.807, 2.05) is 36.1 Å². The second-order valence-electron chi connectivity index (χ2n) is 7.49. The lowest BCUT2D eigenvalue weighted by Crippen LogP contribution is -2.52. The maximum absolute atomic E-state index is 13.0. The number of aryl methyl sites for hydroxylation is 1. The third kappa shape index (κ3) is 5.38. The van der Waals surface area contributed by atoms with Crippen molar-refractivity contribution >= 4 is 23.6 Å². The van der Waals surface area contributed by atoms with Crippen LogP contribution in [0.4, 0.5) is 0 Å².